The Morgan fingerprint density at radius 1 is 1.14 bits per heavy atom. The average molecular weight is 695 g/mol. The molecule has 3 atom stereocenters. The Hall–Kier alpha value is -4.36. The fourth-order valence-electron chi connectivity index (χ4n) is 5.65. The number of alkyl halides is 1. The van der Waals surface area contributed by atoms with Gasteiger partial charge in [0.25, 0.3) is 5.91 Å². The van der Waals surface area contributed by atoms with Gasteiger partial charge < -0.3 is 30.1 Å². The van der Waals surface area contributed by atoms with Crippen LogP contribution in [0, 0.1) is 12.3 Å². The molecule has 2 aromatic carbocycles. The van der Waals surface area contributed by atoms with Gasteiger partial charge in [-0.15, -0.1) is 11.3 Å². The van der Waals surface area contributed by atoms with E-state index in [0.717, 1.165) is 22.4 Å². The van der Waals surface area contributed by atoms with Gasteiger partial charge in [-0.25, -0.2) is 9.37 Å². The lowest BCUT2D eigenvalue weighted by molar-refractivity contribution is -0.145. The van der Waals surface area contributed by atoms with Crippen LogP contribution in [0.5, 0.6) is 11.5 Å². The zero-order valence-corrected chi connectivity index (χ0v) is 29.0. The second-order valence-corrected chi connectivity index (χ2v) is 14.5. The summed E-state index contributed by atoms with van der Waals surface area (Å²) in [7, 11) is 0. The van der Waals surface area contributed by atoms with E-state index in [4.69, 9.17) is 9.47 Å². The van der Waals surface area contributed by atoms with Crippen LogP contribution in [0.2, 0.25) is 0 Å². The van der Waals surface area contributed by atoms with Crippen LogP contribution in [-0.2, 0) is 20.9 Å². The molecule has 0 radical (unpaired) electrons. The number of amides is 3. The molecule has 1 aliphatic carbocycles. The SMILES string of the molecule is Cc1ncsc1-c1ccc(CNC(=O)[C@@H]2C[C@@H](O)CN2C(=O)[C@@H](NC(=O)C2(F)CC2)C(C)(C)C)c(OCCCOc2ccc(C=O)cc2)c1. The number of likely N-dealkylation sites (tertiary alicyclic amines) is 1. The summed E-state index contributed by atoms with van der Waals surface area (Å²) in [6.45, 7) is 7.92. The van der Waals surface area contributed by atoms with E-state index >= 15 is 0 Å². The van der Waals surface area contributed by atoms with Gasteiger partial charge in [-0.2, -0.15) is 0 Å². The first-order valence-corrected chi connectivity index (χ1v) is 17.3. The van der Waals surface area contributed by atoms with Crippen molar-refractivity contribution in [1.29, 1.82) is 0 Å². The highest BCUT2D eigenvalue weighted by Gasteiger charge is 2.53. The maximum absolute atomic E-state index is 14.5. The number of ether oxygens (including phenoxy) is 2. The Kier molecular flexibility index (Phi) is 11.0. The topological polar surface area (TPSA) is 147 Å². The second-order valence-electron chi connectivity index (χ2n) is 13.7. The van der Waals surface area contributed by atoms with E-state index < -0.39 is 47.0 Å². The number of aryl methyl sites for hydroxylation is 1. The van der Waals surface area contributed by atoms with Gasteiger partial charge in [0.05, 0.1) is 35.4 Å². The first-order chi connectivity index (χ1) is 23.3. The molecule has 1 aliphatic heterocycles. The zero-order chi connectivity index (χ0) is 35.3. The highest BCUT2D eigenvalue weighted by molar-refractivity contribution is 7.13. The van der Waals surface area contributed by atoms with Crippen LogP contribution in [0.15, 0.2) is 48.0 Å². The highest BCUT2D eigenvalue weighted by atomic mass is 32.1. The van der Waals surface area contributed by atoms with Crippen molar-refractivity contribution in [1.82, 2.24) is 20.5 Å². The molecule has 1 saturated carbocycles. The number of nitrogens with one attached hydrogen (secondary N) is 2. The van der Waals surface area contributed by atoms with Crippen LogP contribution in [0.3, 0.4) is 0 Å². The lowest BCUT2D eigenvalue weighted by Gasteiger charge is -2.35. The van der Waals surface area contributed by atoms with Crippen molar-refractivity contribution in [2.45, 2.75) is 83.8 Å². The predicted molar refractivity (Wildman–Crippen MR) is 182 cm³/mol. The van der Waals surface area contributed by atoms with Crippen molar-refractivity contribution >= 4 is 35.3 Å². The number of aliphatic hydroxyl groups excluding tert-OH is 1. The van der Waals surface area contributed by atoms with Crippen molar-refractivity contribution < 1.29 is 38.1 Å². The van der Waals surface area contributed by atoms with E-state index in [1.165, 1.54) is 16.2 Å². The highest BCUT2D eigenvalue weighted by Crippen LogP contribution is 2.40. The number of hydrogen-bond donors (Lipinski definition) is 3. The van der Waals surface area contributed by atoms with Gasteiger partial charge in [-0.1, -0.05) is 32.9 Å². The van der Waals surface area contributed by atoms with Crippen molar-refractivity contribution in [3.8, 4) is 21.9 Å². The Balaban J connectivity index is 1.25. The number of aromatic nitrogens is 1. The van der Waals surface area contributed by atoms with Crippen molar-refractivity contribution in [3.05, 3.63) is 64.8 Å². The van der Waals surface area contributed by atoms with E-state index in [9.17, 15) is 28.7 Å². The molecule has 0 bridgehead atoms. The van der Waals surface area contributed by atoms with Crippen LogP contribution >= 0.6 is 11.3 Å². The summed E-state index contributed by atoms with van der Waals surface area (Å²) in [5.41, 5.74) is 2.12. The number of β-amino-alcohol motifs (C(OH)–C–C–N with tert-alkyl or cyclic N) is 1. The lowest BCUT2D eigenvalue weighted by atomic mass is 9.85. The molecule has 262 valence electrons. The van der Waals surface area contributed by atoms with Gasteiger partial charge in [0, 0.05) is 37.1 Å². The molecule has 49 heavy (non-hydrogen) atoms. The van der Waals surface area contributed by atoms with Gasteiger partial charge in [0.2, 0.25) is 11.8 Å². The van der Waals surface area contributed by atoms with E-state index in [1.807, 2.05) is 25.1 Å². The fourth-order valence-corrected chi connectivity index (χ4v) is 6.45. The lowest BCUT2D eigenvalue weighted by Crippen LogP contribution is -2.59. The molecule has 2 fully saturated rings. The maximum atomic E-state index is 14.5. The molecule has 0 spiro atoms. The Labute approximate surface area is 289 Å². The summed E-state index contributed by atoms with van der Waals surface area (Å²) >= 11 is 1.51. The van der Waals surface area contributed by atoms with Crippen LogP contribution in [-0.4, -0.2) is 82.6 Å². The van der Waals surface area contributed by atoms with E-state index in [2.05, 4.69) is 15.6 Å². The summed E-state index contributed by atoms with van der Waals surface area (Å²) in [5, 5.41) is 16.0. The summed E-state index contributed by atoms with van der Waals surface area (Å²) in [5.74, 6) is -0.624. The largest absolute Gasteiger partial charge is 0.493 e. The summed E-state index contributed by atoms with van der Waals surface area (Å²) in [6, 6.07) is 10.5. The quantitative estimate of drug-likeness (QED) is 0.166. The first kappa shape index (κ1) is 35.9. The minimum absolute atomic E-state index is 0.0280. The fraction of sp³-hybridized carbons (Fsp3) is 0.472. The van der Waals surface area contributed by atoms with Crippen LogP contribution in [0.4, 0.5) is 4.39 Å². The standard InChI is InChI=1S/C36H43FN4O7S/c1-22-30(49-21-39-22)24-8-9-25(29(16-24)48-15-5-14-47-27-10-6-23(20-42)7-11-27)18-38-32(44)28-17-26(43)19-41(28)33(45)31(35(2,3)4)40-34(46)36(37)12-13-36/h6-11,16,20-21,26,28,31,43H,5,12-15,17-19H2,1-4H3,(H,38,44)(H,40,46)/t26-,28+,31-/m1/s1. The van der Waals surface area contributed by atoms with Gasteiger partial charge in [0.1, 0.15) is 29.9 Å². The van der Waals surface area contributed by atoms with Crippen LogP contribution in [0.25, 0.3) is 10.4 Å². The zero-order valence-electron chi connectivity index (χ0n) is 28.2. The molecule has 13 heteroatoms. The molecule has 3 N–H and O–H groups in total. The van der Waals surface area contributed by atoms with Gasteiger partial charge in [-0.3, -0.25) is 19.2 Å². The number of carbonyl (C=O) groups excluding carboxylic acids is 4. The monoisotopic (exact) mass is 694 g/mol. The van der Waals surface area contributed by atoms with Crippen LogP contribution < -0.4 is 20.1 Å². The molecular weight excluding hydrogens is 651 g/mol. The van der Waals surface area contributed by atoms with Crippen molar-refractivity contribution in [2.75, 3.05) is 19.8 Å². The third kappa shape index (κ3) is 8.82. The minimum atomic E-state index is -1.96. The molecule has 2 aliphatic rings. The summed E-state index contributed by atoms with van der Waals surface area (Å²) in [6.07, 6.45) is 0.656. The number of thiazole rings is 1. The van der Waals surface area contributed by atoms with Gasteiger partial charge >= 0.3 is 0 Å². The number of halogens is 1. The Bertz CT molecular complexity index is 1670. The molecule has 0 unspecified atom stereocenters. The van der Waals surface area contributed by atoms with Crippen LogP contribution in [0.1, 0.15) is 68.1 Å². The second kappa shape index (κ2) is 15.0. The van der Waals surface area contributed by atoms with Gasteiger partial charge in [0.15, 0.2) is 5.67 Å². The summed E-state index contributed by atoms with van der Waals surface area (Å²) in [4.78, 5) is 57.5. The Morgan fingerprint density at radius 2 is 1.86 bits per heavy atom. The summed E-state index contributed by atoms with van der Waals surface area (Å²) < 4.78 is 26.5. The van der Waals surface area contributed by atoms with E-state index in [1.54, 1.807) is 50.5 Å². The molecular formula is C36H43FN4O7S. The number of aldehydes is 1. The number of rotatable bonds is 14. The third-order valence-electron chi connectivity index (χ3n) is 8.71. The number of hydrogen-bond acceptors (Lipinski definition) is 9. The van der Waals surface area contributed by atoms with Crippen molar-refractivity contribution in [2.24, 2.45) is 5.41 Å². The number of nitrogens with zero attached hydrogens (tertiary/aromatic N) is 2. The smallest absolute Gasteiger partial charge is 0.258 e. The van der Waals surface area contributed by atoms with E-state index in [-0.39, 0.29) is 32.4 Å². The number of benzene rings is 2. The molecule has 1 aromatic heterocycles. The third-order valence-corrected chi connectivity index (χ3v) is 9.69. The minimum Gasteiger partial charge on any atom is -0.493 e. The average Bonchev–Trinajstić information content (AvgIpc) is 3.48. The molecule has 3 amide bonds. The molecule has 3 aromatic rings. The van der Waals surface area contributed by atoms with E-state index in [0.29, 0.717) is 42.3 Å². The molecule has 2 heterocycles. The van der Waals surface area contributed by atoms with Gasteiger partial charge in [-0.05, 0) is 61.1 Å². The predicted octanol–water partition coefficient (Wildman–Crippen LogP) is 4.39. The van der Waals surface area contributed by atoms with Crippen molar-refractivity contribution in [3.63, 3.8) is 0 Å². The first-order valence-electron chi connectivity index (χ1n) is 16.4. The number of carbonyl (C=O) groups is 4. The Morgan fingerprint density at radius 3 is 2.49 bits per heavy atom. The number of aliphatic hydroxyl groups is 1. The molecule has 1 saturated heterocycles. The molecule has 5 rings (SSSR count). The molecule has 11 nitrogen and oxygen atoms in total. The normalized spacial score (nSPS) is 18.8. The maximum Gasteiger partial charge on any atom is 0.258 e.